The second-order valence-electron chi connectivity index (χ2n) is 4.68. The third-order valence-corrected chi connectivity index (χ3v) is 3.04. The minimum absolute atomic E-state index is 0.422. The lowest BCUT2D eigenvalue weighted by Crippen LogP contribution is -2.15. The van der Waals surface area contributed by atoms with Crippen molar-refractivity contribution in [2.24, 2.45) is 0 Å². The quantitative estimate of drug-likeness (QED) is 0.799. The fraction of sp³-hybridized carbons (Fsp3) is 0.333. The van der Waals surface area contributed by atoms with E-state index in [0.717, 1.165) is 24.1 Å². The van der Waals surface area contributed by atoms with Gasteiger partial charge in [-0.15, -0.1) is 16.8 Å². The van der Waals surface area contributed by atoms with Crippen LogP contribution in [0.1, 0.15) is 25.3 Å². The van der Waals surface area contributed by atoms with Crippen molar-refractivity contribution < 1.29 is 4.42 Å². The predicted octanol–water partition coefficient (Wildman–Crippen LogP) is 3.81. The average Bonchev–Trinajstić information content (AvgIpc) is 2.92. The summed E-state index contributed by atoms with van der Waals surface area (Å²) in [7, 11) is 0. The van der Waals surface area contributed by atoms with Crippen molar-refractivity contribution in [1.82, 2.24) is 10.2 Å². The summed E-state index contributed by atoms with van der Waals surface area (Å²) < 4.78 is 5.19. The van der Waals surface area contributed by atoms with Crippen LogP contribution in [0.2, 0.25) is 0 Å². The maximum absolute atomic E-state index is 5.19. The molecule has 4 nitrogen and oxygen atoms in total. The number of nitrogens with zero attached hydrogens (tertiary/aromatic N) is 2. The molecule has 1 aromatic carbocycles. The molecule has 2 rings (SSSR count). The molecule has 1 aromatic heterocycles. The normalized spacial score (nSPS) is 12.1. The van der Waals surface area contributed by atoms with Gasteiger partial charge in [0.2, 0.25) is 12.3 Å². The van der Waals surface area contributed by atoms with E-state index in [1.54, 1.807) is 0 Å². The first-order valence-corrected chi connectivity index (χ1v) is 6.45. The van der Waals surface area contributed by atoms with Crippen LogP contribution >= 0.6 is 0 Å². The highest BCUT2D eigenvalue weighted by Crippen LogP contribution is 2.24. The topological polar surface area (TPSA) is 51.0 Å². The molecule has 4 heteroatoms. The summed E-state index contributed by atoms with van der Waals surface area (Å²) in [6.45, 7) is 7.99. The van der Waals surface area contributed by atoms with Gasteiger partial charge in [0.25, 0.3) is 0 Å². The van der Waals surface area contributed by atoms with Crippen LogP contribution in [-0.2, 0) is 0 Å². The maximum atomic E-state index is 5.19. The monoisotopic (exact) mass is 257 g/mol. The molecule has 0 aliphatic rings. The summed E-state index contributed by atoms with van der Waals surface area (Å²) in [6.07, 6.45) is 5.39. The SMILES string of the molecule is C=CCCC(C)Nc1ccc(-c2nnco2)cc1C. The van der Waals surface area contributed by atoms with Crippen LogP contribution in [0.4, 0.5) is 5.69 Å². The molecule has 0 fully saturated rings. The summed E-state index contributed by atoms with van der Waals surface area (Å²) >= 11 is 0. The Morgan fingerprint density at radius 3 is 2.95 bits per heavy atom. The molecule has 1 N–H and O–H groups in total. The Hall–Kier alpha value is -2.10. The Bertz CT molecular complexity index is 534. The fourth-order valence-electron chi connectivity index (χ4n) is 1.96. The van der Waals surface area contributed by atoms with Gasteiger partial charge in [0.1, 0.15) is 0 Å². The molecule has 0 aliphatic carbocycles. The van der Waals surface area contributed by atoms with Gasteiger partial charge in [-0.1, -0.05) is 6.08 Å². The molecule has 0 saturated carbocycles. The number of hydrogen-bond acceptors (Lipinski definition) is 4. The predicted molar refractivity (Wildman–Crippen MR) is 77.0 cm³/mol. The highest BCUT2D eigenvalue weighted by Gasteiger charge is 2.08. The van der Waals surface area contributed by atoms with Crippen molar-refractivity contribution >= 4 is 5.69 Å². The van der Waals surface area contributed by atoms with Gasteiger partial charge in [-0.05, 0) is 50.5 Å². The van der Waals surface area contributed by atoms with Crippen LogP contribution in [0.25, 0.3) is 11.5 Å². The molecule has 0 radical (unpaired) electrons. The molecule has 0 aliphatic heterocycles. The lowest BCUT2D eigenvalue weighted by Gasteiger charge is -2.16. The molecule has 1 heterocycles. The molecular weight excluding hydrogens is 238 g/mol. The maximum Gasteiger partial charge on any atom is 0.247 e. The van der Waals surface area contributed by atoms with Crippen molar-refractivity contribution in [3.63, 3.8) is 0 Å². The number of anilines is 1. The highest BCUT2D eigenvalue weighted by molar-refractivity contribution is 5.62. The van der Waals surface area contributed by atoms with Crippen LogP contribution in [0, 0.1) is 6.92 Å². The minimum atomic E-state index is 0.422. The van der Waals surface area contributed by atoms with E-state index in [1.165, 1.54) is 12.0 Å². The number of nitrogens with one attached hydrogen (secondary N) is 1. The van der Waals surface area contributed by atoms with Crippen LogP contribution in [0.5, 0.6) is 0 Å². The molecule has 2 aromatic rings. The smallest absolute Gasteiger partial charge is 0.247 e. The van der Waals surface area contributed by atoms with Crippen LogP contribution in [0.3, 0.4) is 0 Å². The van der Waals surface area contributed by atoms with E-state index in [2.05, 4.69) is 48.1 Å². The van der Waals surface area contributed by atoms with Crippen molar-refractivity contribution in [3.05, 3.63) is 42.8 Å². The van der Waals surface area contributed by atoms with Gasteiger partial charge in [0.15, 0.2) is 0 Å². The zero-order valence-corrected chi connectivity index (χ0v) is 11.4. The standard InChI is InChI=1S/C15H19N3O/c1-4-5-6-12(3)17-14-8-7-13(9-11(14)2)15-18-16-10-19-15/h4,7-10,12,17H,1,5-6H2,2-3H3. The van der Waals surface area contributed by atoms with Gasteiger partial charge in [-0.3, -0.25) is 0 Å². The molecule has 0 saturated heterocycles. The molecule has 19 heavy (non-hydrogen) atoms. The summed E-state index contributed by atoms with van der Waals surface area (Å²) in [6, 6.07) is 6.52. The van der Waals surface area contributed by atoms with E-state index < -0.39 is 0 Å². The van der Waals surface area contributed by atoms with Gasteiger partial charge in [0.05, 0.1) is 0 Å². The minimum Gasteiger partial charge on any atom is -0.423 e. The van der Waals surface area contributed by atoms with Gasteiger partial charge < -0.3 is 9.73 Å². The molecule has 1 unspecified atom stereocenters. The van der Waals surface area contributed by atoms with E-state index in [0.29, 0.717) is 11.9 Å². The first-order valence-electron chi connectivity index (χ1n) is 6.45. The Labute approximate surface area is 113 Å². The van der Waals surface area contributed by atoms with Crippen molar-refractivity contribution in [2.75, 3.05) is 5.32 Å². The van der Waals surface area contributed by atoms with Crippen LogP contribution in [-0.4, -0.2) is 16.2 Å². The van der Waals surface area contributed by atoms with Crippen molar-refractivity contribution in [2.45, 2.75) is 32.7 Å². The highest BCUT2D eigenvalue weighted by atomic mass is 16.4. The number of hydrogen-bond donors (Lipinski definition) is 1. The molecule has 0 spiro atoms. The van der Waals surface area contributed by atoms with Gasteiger partial charge in [0, 0.05) is 17.3 Å². The largest absolute Gasteiger partial charge is 0.423 e. The summed E-state index contributed by atoms with van der Waals surface area (Å²) in [5.74, 6) is 0.550. The summed E-state index contributed by atoms with van der Waals surface area (Å²) in [5.41, 5.74) is 3.25. The van der Waals surface area contributed by atoms with E-state index in [4.69, 9.17) is 4.42 Å². The second kappa shape index (κ2) is 6.18. The van der Waals surface area contributed by atoms with Crippen molar-refractivity contribution in [3.8, 4) is 11.5 Å². The van der Waals surface area contributed by atoms with E-state index in [9.17, 15) is 0 Å². The number of aromatic nitrogens is 2. The van der Waals surface area contributed by atoms with Gasteiger partial charge in [-0.25, -0.2) is 0 Å². The Balaban J connectivity index is 2.09. The van der Waals surface area contributed by atoms with E-state index in [1.807, 2.05) is 12.1 Å². The molecule has 0 bridgehead atoms. The van der Waals surface area contributed by atoms with Crippen LogP contribution in [0.15, 0.2) is 41.7 Å². The molecule has 1 atom stereocenters. The van der Waals surface area contributed by atoms with E-state index >= 15 is 0 Å². The third-order valence-electron chi connectivity index (χ3n) is 3.04. The lowest BCUT2D eigenvalue weighted by molar-refractivity contribution is 0.568. The van der Waals surface area contributed by atoms with Gasteiger partial charge in [-0.2, -0.15) is 0 Å². The number of aryl methyl sites for hydroxylation is 1. The third kappa shape index (κ3) is 3.44. The number of allylic oxidation sites excluding steroid dienone is 1. The van der Waals surface area contributed by atoms with Gasteiger partial charge >= 0.3 is 0 Å². The first-order chi connectivity index (χ1) is 9.20. The van der Waals surface area contributed by atoms with Crippen molar-refractivity contribution in [1.29, 1.82) is 0 Å². The summed E-state index contributed by atoms with van der Waals surface area (Å²) in [4.78, 5) is 0. The zero-order valence-electron chi connectivity index (χ0n) is 11.4. The van der Waals surface area contributed by atoms with E-state index in [-0.39, 0.29) is 0 Å². The Morgan fingerprint density at radius 1 is 1.47 bits per heavy atom. The first kappa shape index (κ1) is 13.3. The molecule has 100 valence electrons. The second-order valence-corrected chi connectivity index (χ2v) is 4.68. The average molecular weight is 257 g/mol. The van der Waals surface area contributed by atoms with Crippen LogP contribution < -0.4 is 5.32 Å². The Morgan fingerprint density at radius 2 is 2.32 bits per heavy atom. The number of rotatable bonds is 6. The lowest BCUT2D eigenvalue weighted by atomic mass is 10.1. The molecule has 0 amide bonds. The summed E-state index contributed by atoms with van der Waals surface area (Å²) in [5, 5.41) is 11.1. The fourth-order valence-corrected chi connectivity index (χ4v) is 1.96. The molecular formula is C15H19N3O. The number of benzene rings is 1. The zero-order chi connectivity index (χ0) is 13.7. The Kier molecular flexibility index (Phi) is 4.34.